The Morgan fingerprint density at radius 2 is 1.40 bits per heavy atom. The van der Waals surface area contributed by atoms with Crippen LogP contribution in [0.5, 0.6) is 17.2 Å². The van der Waals surface area contributed by atoms with Crippen molar-refractivity contribution in [2.24, 2.45) is 0 Å². The summed E-state index contributed by atoms with van der Waals surface area (Å²) in [6.07, 6.45) is 0.0359. The van der Waals surface area contributed by atoms with Gasteiger partial charge in [-0.15, -0.1) is 0 Å². The van der Waals surface area contributed by atoms with E-state index in [4.69, 9.17) is 37.6 Å². The van der Waals surface area contributed by atoms with E-state index in [9.17, 15) is 4.79 Å². The molecule has 4 rings (SSSR count). The van der Waals surface area contributed by atoms with Crippen molar-refractivity contribution in [3.8, 4) is 17.2 Å². The van der Waals surface area contributed by atoms with Crippen LogP contribution in [0.4, 0.5) is 0 Å². The van der Waals surface area contributed by atoms with Crippen molar-refractivity contribution >= 4 is 14.1 Å². The van der Waals surface area contributed by atoms with Gasteiger partial charge >= 0.3 is 0 Å². The average Bonchev–Trinajstić information content (AvgIpc) is 3.04. The molecule has 45 heavy (non-hydrogen) atoms. The van der Waals surface area contributed by atoms with Gasteiger partial charge in [0, 0.05) is 19.8 Å². The van der Waals surface area contributed by atoms with E-state index in [1.165, 1.54) is 14.2 Å². The minimum atomic E-state index is -2.08. The topological polar surface area (TPSA) is 90.9 Å². The zero-order valence-corrected chi connectivity index (χ0v) is 28.5. The van der Waals surface area contributed by atoms with Gasteiger partial charge in [0.15, 0.2) is 28.2 Å². The smallest absolute Gasteiger partial charge is 0.204 e. The molecule has 0 radical (unpaired) electrons. The van der Waals surface area contributed by atoms with Crippen molar-refractivity contribution in [3.05, 3.63) is 88.5 Å². The van der Waals surface area contributed by atoms with E-state index in [-0.39, 0.29) is 36.6 Å². The van der Waals surface area contributed by atoms with Crippen molar-refractivity contribution in [1.82, 2.24) is 0 Å². The molecule has 1 aliphatic rings. The third-order valence-corrected chi connectivity index (χ3v) is 12.5. The summed E-state index contributed by atoms with van der Waals surface area (Å²) in [7, 11) is 0.974. The van der Waals surface area contributed by atoms with Crippen molar-refractivity contribution < 1.29 is 42.4 Å². The van der Waals surface area contributed by atoms with E-state index in [0.29, 0.717) is 48.2 Å². The summed E-state index contributed by atoms with van der Waals surface area (Å²) in [5.74, 6) is 0.595. The van der Waals surface area contributed by atoms with Gasteiger partial charge in [-0.05, 0) is 53.9 Å². The third-order valence-electron chi connectivity index (χ3n) is 8.03. The lowest BCUT2D eigenvalue weighted by Gasteiger charge is -2.36. The van der Waals surface area contributed by atoms with E-state index in [1.54, 1.807) is 18.2 Å². The third kappa shape index (κ3) is 8.93. The molecule has 1 saturated heterocycles. The number of methoxy groups -OCH3 is 2. The Morgan fingerprint density at radius 3 is 1.98 bits per heavy atom. The lowest BCUT2D eigenvalue weighted by atomic mass is 9.94. The minimum absolute atomic E-state index is 0.0246. The summed E-state index contributed by atoms with van der Waals surface area (Å²) in [6.45, 7) is 12.4. The number of rotatable bonds is 15. The fraction of sp³-hybridized carbons (Fsp3) is 0.457. The highest BCUT2D eigenvalue weighted by Crippen LogP contribution is 2.41. The minimum Gasteiger partial charge on any atom is -0.488 e. The molecule has 0 aliphatic carbocycles. The molecule has 0 saturated carbocycles. The molecule has 0 spiro atoms. The second-order valence-electron chi connectivity index (χ2n) is 12.4. The van der Waals surface area contributed by atoms with Crippen LogP contribution >= 0.6 is 0 Å². The van der Waals surface area contributed by atoms with Crippen LogP contribution in [0.15, 0.2) is 60.7 Å². The first-order valence-electron chi connectivity index (χ1n) is 15.2. The summed E-state index contributed by atoms with van der Waals surface area (Å²) in [6, 6.07) is 18.8. The molecule has 0 N–H and O–H groups in total. The number of hydrogen-bond donors (Lipinski definition) is 0. The van der Waals surface area contributed by atoms with Crippen molar-refractivity contribution in [3.63, 3.8) is 0 Å². The van der Waals surface area contributed by atoms with Gasteiger partial charge in [-0.3, -0.25) is 4.79 Å². The molecule has 0 atom stereocenters. The molecule has 0 bridgehead atoms. The number of carbonyl (C=O) groups is 1. The Labute approximate surface area is 267 Å². The van der Waals surface area contributed by atoms with Crippen LogP contribution in [0, 0.1) is 0 Å². The van der Waals surface area contributed by atoms with Gasteiger partial charge in [-0.2, -0.15) is 0 Å². The summed E-state index contributed by atoms with van der Waals surface area (Å²) in [5.41, 5.74) is 2.82. The average molecular weight is 639 g/mol. The molecular weight excluding hydrogens is 592 g/mol. The maximum absolute atomic E-state index is 14.8. The Kier molecular flexibility index (Phi) is 12.2. The Bertz CT molecular complexity index is 1370. The van der Waals surface area contributed by atoms with Gasteiger partial charge in [0.05, 0.1) is 25.4 Å². The highest BCUT2D eigenvalue weighted by atomic mass is 28.4. The SMILES string of the molecule is COCOc1cc(CO[Si](C)(C)C(C)(C)C)cc(OCOC)c1C(=O)c1c(OCc2ccccc2)cccc1C1OCCCO1. The van der Waals surface area contributed by atoms with E-state index in [2.05, 4.69) is 33.9 Å². The van der Waals surface area contributed by atoms with E-state index in [1.807, 2.05) is 42.5 Å². The number of benzene rings is 3. The number of carbonyl (C=O) groups excluding carboxylic acids is 1. The highest BCUT2D eigenvalue weighted by molar-refractivity contribution is 6.74. The molecule has 1 fully saturated rings. The first kappa shape index (κ1) is 34.6. The fourth-order valence-corrected chi connectivity index (χ4v) is 5.50. The van der Waals surface area contributed by atoms with Gasteiger partial charge in [-0.25, -0.2) is 0 Å². The van der Waals surface area contributed by atoms with Gasteiger partial charge in [-0.1, -0.05) is 63.2 Å². The van der Waals surface area contributed by atoms with Crippen LogP contribution in [0.1, 0.15) is 66.1 Å². The molecule has 3 aromatic rings. The van der Waals surface area contributed by atoms with E-state index >= 15 is 0 Å². The molecule has 0 unspecified atom stereocenters. The predicted molar refractivity (Wildman–Crippen MR) is 173 cm³/mol. The fourth-order valence-electron chi connectivity index (χ4n) is 4.54. The Morgan fingerprint density at radius 1 is 0.778 bits per heavy atom. The van der Waals surface area contributed by atoms with Gasteiger partial charge in [0.25, 0.3) is 0 Å². The molecule has 244 valence electrons. The predicted octanol–water partition coefficient (Wildman–Crippen LogP) is 7.42. The van der Waals surface area contributed by atoms with E-state index in [0.717, 1.165) is 17.5 Å². The molecule has 1 aliphatic heterocycles. The normalized spacial score (nSPS) is 14.3. The number of hydrogen-bond acceptors (Lipinski definition) is 9. The van der Waals surface area contributed by atoms with Crippen molar-refractivity contribution in [2.75, 3.05) is 41.0 Å². The summed E-state index contributed by atoms with van der Waals surface area (Å²) in [4.78, 5) is 14.8. The summed E-state index contributed by atoms with van der Waals surface area (Å²) in [5, 5.41) is 0.0246. The molecule has 3 aromatic carbocycles. The zero-order valence-electron chi connectivity index (χ0n) is 27.5. The Hall–Kier alpha value is -3.25. The maximum atomic E-state index is 14.8. The van der Waals surface area contributed by atoms with Crippen molar-refractivity contribution in [2.45, 2.75) is 64.8 Å². The number of ether oxygens (including phenoxy) is 7. The monoisotopic (exact) mass is 638 g/mol. The quantitative estimate of drug-likeness (QED) is 0.0958. The summed E-state index contributed by atoms with van der Waals surface area (Å²) >= 11 is 0. The maximum Gasteiger partial charge on any atom is 0.204 e. The molecule has 0 amide bonds. The van der Waals surface area contributed by atoms with Crippen LogP contribution < -0.4 is 14.2 Å². The molecular formula is C35H46O9Si. The molecule has 1 heterocycles. The van der Waals surface area contributed by atoms with Gasteiger partial charge < -0.3 is 37.6 Å². The lowest BCUT2D eigenvalue weighted by Crippen LogP contribution is -2.40. The van der Waals surface area contributed by atoms with Crippen LogP contribution in [-0.2, 0) is 36.6 Å². The standard InChI is InChI=1S/C35H46O9Si/c1-35(2,3)45(6,7)44-22-26-19-29(42-23-37-4)32(30(20-26)43-24-38-5)33(36)31-27(34-39-17-12-18-40-34)15-11-16-28(31)41-21-25-13-9-8-10-14-25/h8-11,13-16,19-20,34H,12,17-18,21-24H2,1-7H3. The van der Waals surface area contributed by atoms with Crippen LogP contribution in [-0.4, -0.2) is 55.1 Å². The van der Waals surface area contributed by atoms with Gasteiger partial charge in [0.2, 0.25) is 5.78 Å². The summed E-state index contributed by atoms with van der Waals surface area (Å²) < 4.78 is 47.3. The highest BCUT2D eigenvalue weighted by Gasteiger charge is 2.37. The molecule has 0 aromatic heterocycles. The largest absolute Gasteiger partial charge is 0.488 e. The van der Waals surface area contributed by atoms with Crippen molar-refractivity contribution in [1.29, 1.82) is 0 Å². The Balaban J connectivity index is 1.82. The number of ketones is 1. The van der Waals surface area contributed by atoms with E-state index < -0.39 is 14.6 Å². The molecule has 9 nitrogen and oxygen atoms in total. The van der Waals surface area contributed by atoms with Crippen LogP contribution in [0.2, 0.25) is 18.1 Å². The first-order valence-corrected chi connectivity index (χ1v) is 18.1. The second-order valence-corrected chi connectivity index (χ2v) is 17.2. The second kappa shape index (κ2) is 15.8. The molecule has 10 heteroatoms. The first-order chi connectivity index (χ1) is 21.6. The zero-order chi connectivity index (χ0) is 32.5. The van der Waals surface area contributed by atoms with Gasteiger partial charge in [0.1, 0.15) is 29.4 Å². The lowest BCUT2D eigenvalue weighted by molar-refractivity contribution is -0.183. The van der Waals surface area contributed by atoms with Crippen LogP contribution in [0.3, 0.4) is 0 Å². The van der Waals surface area contributed by atoms with Crippen LogP contribution in [0.25, 0.3) is 0 Å².